The van der Waals surface area contributed by atoms with Gasteiger partial charge < -0.3 is 14.8 Å². The van der Waals surface area contributed by atoms with E-state index in [-0.39, 0.29) is 11.9 Å². The van der Waals surface area contributed by atoms with Crippen LogP contribution in [0, 0.1) is 5.92 Å². The molecular formula is C23H31N3O4. The summed E-state index contributed by atoms with van der Waals surface area (Å²) in [4.78, 5) is 30.5. The number of piperazine rings is 1. The van der Waals surface area contributed by atoms with Crippen LogP contribution in [0.15, 0.2) is 24.3 Å². The zero-order valence-corrected chi connectivity index (χ0v) is 18.0. The number of fused-ring (bicyclic) bond motifs is 4. The van der Waals surface area contributed by atoms with Crippen molar-refractivity contribution in [3.05, 3.63) is 29.8 Å². The first-order valence-corrected chi connectivity index (χ1v) is 11.1. The lowest BCUT2D eigenvalue weighted by molar-refractivity contribution is -0.130. The number of para-hydroxylation sites is 1. The minimum absolute atomic E-state index is 0.104. The Labute approximate surface area is 177 Å². The van der Waals surface area contributed by atoms with E-state index in [9.17, 15) is 9.59 Å². The first-order chi connectivity index (χ1) is 14.3. The lowest BCUT2D eigenvalue weighted by atomic mass is 9.99. The van der Waals surface area contributed by atoms with Gasteiger partial charge in [0.15, 0.2) is 0 Å². The van der Waals surface area contributed by atoms with Crippen molar-refractivity contribution >= 4 is 12.0 Å². The largest absolute Gasteiger partial charge is 0.493 e. The number of amides is 2. The highest BCUT2D eigenvalue weighted by atomic mass is 16.6. The molecule has 3 heterocycles. The van der Waals surface area contributed by atoms with Crippen LogP contribution in [0.1, 0.15) is 51.6 Å². The van der Waals surface area contributed by atoms with Gasteiger partial charge in [-0.2, -0.15) is 0 Å². The van der Waals surface area contributed by atoms with Gasteiger partial charge in [0.25, 0.3) is 0 Å². The predicted molar refractivity (Wildman–Crippen MR) is 111 cm³/mol. The van der Waals surface area contributed by atoms with Crippen LogP contribution < -0.4 is 10.1 Å². The second-order valence-corrected chi connectivity index (χ2v) is 10.0. The normalized spacial score (nSPS) is 32.4. The summed E-state index contributed by atoms with van der Waals surface area (Å²) in [5.74, 6) is 1.45. The standard InChI is InChI=1S/C23H31N3O4/c1-23(2,3)30-22(28)26-12-15-10-14-11-18(14)25(15)13-19(26)21(27)24-17-8-9-29-20-7-5-4-6-16(17)20/h4-7,14-15,17-19H,8-13H2,1-3H3,(H,24,27)/t14-,15-,17-,18+,19+/m1/s1. The average molecular weight is 414 g/mol. The SMILES string of the molecule is CC(C)(C)OC(=O)N1C[C@H]2C[C@@H]3C[C@@H]3N2C[C@H]1C(=O)N[C@@H]1CCOc2ccccc21. The molecule has 3 aliphatic heterocycles. The maximum absolute atomic E-state index is 13.4. The Morgan fingerprint density at radius 3 is 2.77 bits per heavy atom. The van der Waals surface area contributed by atoms with Crippen molar-refractivity contribution < 1.29 is 19.1 Å². The lowest BCUT2D eigenvalue weighted by Crippen LogP contribution is -2.64. The van der Waals surface area contributed by atoms with Crippen molar-refractivity contribution in [3.8, 4) is 5.75 Å². The highest BCUT2D eigenvalue weighted by Crippen LogP contribution is 2.49. The first-order valence-electron chi connectivity index (χ1n) is 11.1. The van der Waals surface area contributed by atoms with Gasteiger partial charge in [0.05, 0.1) is 12.6 Å². The zero-order chi connectivity index (χ0) is 21.0. The van der Waals surface area contributed by atoms with E-state index in [2.05, 4.69) is 10.2 Å². The van der Waals surface area contributed by atoms with Gasteiger partial charge in [-0.1, -0.05) is 18.2 Å². The van der Waals surface area contributed by atoms with E-state index in [0.717, 1.165) is 30.1 Å². The number of hydrogen-bond acceptors (Lipinski definition) is 5. The maximum atomic E-state index is 13.4. The Bertz CT molecular complexity index is 851. The Balaban J connectivity index is 1.35. The Kier molecular flexibility index (Phi) is 4.69. The van der Waals surface area contributed by atoms with Gasteiger partial charge in [-0.05, 0) is 45.6 Å². The number of benzene rings is 1. The number of rotatable bonds is 2. The molecule has 5 atom stereocenters. The van der Waals surface area contributed by atoms with Crippen LogP contribution in [0.5, 0.6) is 5.75 Å². The van der Waals surface area contributed by atoms with Crippen LogP contribution in [0.3, 0.4) is 0 Å². The van der Waals surface area contributed by atoms with Crippen molar-refractivity contribution in [2.45, 2.75) is 69.8 Å². The van der Waals surface area contributed by atoms with Crippen LogP contribution in [0.2, 0.25) is 0 Å². The maximum Gasteiger partial charge on any atom is 0.411 e. The van der Waals surface area contributed by atoms with E-state index < -0.39 is 17.7 Å². The lowest BCUT2D eigenvalue weighted by Gasteiger charge is -2.44. The molecule has 7 nitrogen and oxygen atoms in total. The molecule has 162 valence electrons. The van der Waals surface area contributed by atoms with Crippen molar-refractivity contribution in [2.24, 2.45) is 5.92 Å². The van der Waals surface area contributed by atoms with Crippen LogP contribution in [-0.2, 0) is 9.53 Å². The van der Waals surface area contributed by atoms with Gasteiger partial charge in [-0.3, -0.25) is 14.6 Å². The fraction of sp³-hybridized carbons (Fsp3) is 0.652. The highest BCUT2D eigenvalue weighted by molar-refractivity contribution is 5.86. The molecule has 1 saturated carbocycles. The number of ether oxygens (including phenoxy) is 2. The summed E-state index contributed by atoms with van der Waals surface area (Å²) in [5.41, 5.74) is 0.408. The molecule has 1 aromatic rings. The summed E-state index contributed by atoms with van der Waals surface area (Å²) in [7, 11) is 0. The number of carbonyl (C=O) groups excluding carboxylic acids is 2. The van der Waals surface area contributed by atoms with E-state index in [4.69, 9.17) is 9.47 Å². The summed E-state index contributed by atoms with van der Waals surface area (Å²) in [5, 5.41) is 3.21. The fourth-order valence-corrected chi connectivity index (χ4v) is 5.27. The second-order valence-electron chi connectivity index (χ2n) is 10.0. The van der Waals surface area contributed by atoms with E-state index >= 15 is 0 Å². The van der Waals surface area contributed by atoms with Crippen LogP contribution in [0.25, 0.3) is 0 Å². The summed E-state index contributed by atoms with van der Waals surface area (Å²) in [6.07, 6.45) is 2.67. The molecule has 0 spiro atoms. The number of nitrogens with zero attached hydrogens (tertiary/aromatic N) is 2. The molecule has 1 aliphatic carbocycles. The van der Waals surface area contributed by atoms with Gasteiger partial charge in [0.2, 0.25) is 5.91 Å². The minimum atomic E-state index is -0.591. The zero-order valence-electron chi connectivity index (χ0n) is 18.0. The van der Waals surface area contributed by atoms with Crippen LogP contribution >= 0.6 is 0 Å². The topological polar surface area (TPSA) is 71.1 Å². The quantitative estimate of drug-likeness (QED) is 0.807. The predicted octanol–water partition coefficient (Wildman–Crippen LogP) is 2.71. The molecule has 7 heteroatoms. The molecule has 5 rings (SSSR count). The molecule has 0 unspecified atom stereocenters. The van der Waals surface area contributed by atoms with E-state index in [0.29, 0.717) is 31.8 Å². The average Bonchev–Trinajstić information content (AvgIpc) is 3.37. The smallest absolute Gasteiger partial charge is 0.411 e. The van der Waals surface area contributed by atoms with Gasteiger partial charge in [0, 0.05) is 37.2 Å². The molecule has 0 radical (unpaired) electrons. The number of hydrogen-bond donors (Lipinski definition) is 1. The van der Waals surface area contributed by atoms with Crippen molar-refractivity contribution in [1.29, 1.82) is 0 Å². The van der Waals surface area contributed by atoms with E-state index in [1.54, 1.807) is 4.90 Å². The third-order valence-corrected chi connectivity index (χ3v) is 6.73. The molecule has 0 bridgehead atoms. The monoisotopic (exact) mass is 413 g/mol. The van der Waals surface area contributed by atoms with Gasteiger partial charge in [-0.25, -0.2) is 4.79 Å². The van der Waals surface area contributed by atoms with E-state index in [1.807, 2.05) is 45.0 Å². The van der Waals surface area contributed by atoms with Crippen molar-refractivity contribution in [1.82, 2.24) is 15.1 Å². The third-order valence-electron chi connectivity index (χ3n) is 6.73. The molecule has 3 fully saturated rings. The minimum Gasteiger partial charge on any atom is -0.493 e. The molecule has 2 saturated heterocycles. The van der Waals surface area contributed by atoms with Crippen molar-refractivity contribution in [3.63, 3.8) is 0 Å². The Hall–Kier alpha value is -2.28. The summed E-state index contributed by atoms with van der Waals surface area (Å²) in [6, 6.07) is 8.12. The van der Waals surface area contributed by atoms with Gasteiger partial charge in [0.1, 0.15) is 17.4 Å². The van der Waals surface area contributed by atoms with Crippen molar-refractivity contribution in [2.75, 3.05) is 19.7 Å². The summed E-state index contributed by atoms with van der Waals surface area (Å²) < 4.78 is 11.4. The van der Waals surface area contributed by atoms with Crippen LogP contribution in [0.4, 0.5) is 4.79 Å². The molecule has 30 heavy (non-hydrogen) atoms. The summed E-state index contributed by atoms with van der Waals surface area (Å²) >= 11 is 0. The van der Waals surface area contributed by atoms with Crippen LogP contribution in [-0.4, -0.2) is 65.2 Å². The molecule has 1 N–H and O–H groups in total. The molecule has 0 aromatic heterocycles. The number of piperidine rings is 1. The summed E-state index contributed by atoms with van der Waals surface area (Å²) in [6.45, 7) is 7.30. The number of nitrogens with one attached hydrogen (secondary N) is 1. The molecular weight excluding hydrogens is 382 g/mol. The Morgan fingerprint density at radius 1 is 1.17 bits per heavy atom. The number of carbonyl (C=O) groups is 2. The molecule has 1 aromatic carbocycles. The van der Waals surface area contributed by atoms with Gasteiger partial charge >= 0.3 is 6.09 Å². The molecule has 2 amide bonds. The van der Waals surface area contributed by atoms with E-state index in [1.165, 1.54) is 6.42 Å². The second kappa shape index (κ2) is 7.15. The first kappa shape index (κ1) is 19.7. The fourth-order valence-electron chi connectivity index (χ4n) is 5.27. The Morgan fingerprint density at radius 2 is 1.97 bits per heavy atom. The molecule has 4 aliphatic rings. The third kappa shape index (κ3) is 3.64. The highest BCUT2D eigenvalue weighted by Gasteiger charge is 2.56. The van der Waals surface area contributed by atoms with Gasteiger partial charge in [-0.15, -0.1) is 0 Å².